The number of para-hydroxylation sites is 1. The average Bonchev–Trinajstić information content (AvgIpc) is 2.63. The lowest BCUT2D eigenvalue weighted by molar-refractivity contribution is -0.116. The first-order valence-electron chi connectivity index (χ1n) is 8.27. The highest BCUT2D eigenvalue weighted by atomic mass is 16.1. The van der Waals surface area contributed by atoms with Gasteiger partial charge in [0.2, 0.25) is 5.91 Å². The lowest BCUT2D eigenvalue weighted by atomic mass is 10.0. The molecule has 1 amide bonds. The van der Waals surface area contributed by atoms with Crippen LogP contribution in [0.2, 0.25) is 0 Å². The maximum absolute atomic E-state index is 12.3. The predicted molar refractivity (Wildman–Crippen MR) is 99.1 cm³/mol. The molecule has 0 fully saturated rings. The van der Waals surface area contributed by atoms with Crippen LogP contribution in [0.3, 0.4) is 0 Å². The maximum atomic E-state index is 12.3. The molecule has 0 atom stereocenters. The molecule has 0 heterocycles. The largest absolute Gasteiger partial charge is 0.326 e. The van der Waals surface area contributed by atoms with Gasteiger partial charge in [0.15, 0.2) is 0 Å². The lowest BCUT2D eigenvalue weighted by Crippen LogP contribution is -2.13. The van der Waals surface area contributed by atoms with Crippen molar-refractivity contribution in [2.24, 2.45) is 0 Å². The van der Waals surface area contributed by atoms with E-state index >= 15 is 0 Å². The molecule has 0 bridgehead atoms. The Bertz CT molecular complexity index is 781. The van der Waals surface area contributed by atoms with Crippen LogP contribution >= 0.6 is 0 Å². The Balaban J connectivity index is 1.63. The Morgan fingerprint density at radius 2 is 1.29 bits per heavy atom. The van der Waals surface area contributed by atoms with Gasteiger partial charge in [0, 0.05) is 12.1 Å². The molecule has 1 N–H and O–H groups in total. The quantitative estimate of drug-likeness (QED) is 0.692. The standard InChI is InChI=1S/C22H21NO/c24-22(16-15-18-9-3-1-4-10-18)23-21-14-8-7-13-20(21)17-19-11-5-2-6-12-19/h1-14H,15-17H2,(H,23,24). The normalized spacial score (nSPS) is 10.3. The third-order valence-corrected chi connectivity index (χ3v) is 4.01. The first kappa shape index (κ1) is 16.0. The Morgan fingerprint density at radius 3 is 2.00 bits per heavy atom. The lowest BCUT2D eigenvalue weighted by Gasteiger charge is -2.11. The van der Waals surface area contributed by atoms with Gasteiger partial charge in [-0.3, -0.25) is 4.79 Å². The molecule has 0 saturated carbocycles. The third kappa shape index (κ3) is 4.56. The van der Waals surface area contributed by atoms with Crippen LogP contribution in [0.1, 0.15) is 23.1 Å². The molecule has 24 heavy (non-hydrogen) atoms. The molecule has 3 rings (SSSR count). The van der Waals surface area contributed by atoms with Gasteiger partial charge in [-0.15, -0.1) is 0 Å². The van der Waals surface area contributed by atoms with Crippen molar-refractivity contribution < 1.29 is 4.79 Å². The number of carbonyl (C=O) groups excluding carboxylic acids is 1. The van der Waals surface area contributed by atoms with Gasteiger partial charge < -0.3 is 5.32 Å². The zero-order chi connectivity index (χ0) is 16.6. The summed E-state index contributed by atoms with van der Waals surface area (Å²) in [7, 11) is 0. The van der Waals surface area contributed by atoms with Gasteiger partial charge >= 0.3 is 0 Å². The molecule has 2 nitrogen and oxygen atoms in total. The molecular weight excluding hydrogens is 294 g/mol. The van der Waals surface area contributed by atoms with Crippen molar-refractivity contribution in [1.29, 1.82) is 0 Å². The predicted octanol–water partition coefficient (Wildman–Crippen LogP) is 4.85. The minimum atomic E-state index is 0.0550. The number of nitrogens with one attached hydrogen (secondary N) is 1. The summed E-state index contributed by atoms with van der Waals surface area (Å²) in [6.07, 6.45) is 2.06. The molecule has 0 aliphatic carbocycles. The molecule has 0 unspecified atom stereocenters. The Morgan fingerprint density at radius 1 is 0.708 bits per heavy atom. The first-order valence-corrected chi connectivity index (χ1v) is 8.27. The summed E-state index contributed by atoms with van der Waals surface area (Å²) in [5.41, 5.74) is 4.46. The summed E-state index contributed by atoms with van der Waals surface area (Å²) in [5, 5.41) is 3.06. The van der Waals surface area contributed by atoms with E-state index in [4.69, 9.17) is 0 Å². The molecule has 0 aromatic heterocycles. The fourth-order valence-electron chi connectivity index (χ4n) is 2.73. The Labute approximate surface area is 143 Å². The minimum absolute atomic E-state index is 0.0550. The van der Waals surface area contributed by atoms with Crippen molar-refractivity contribution in [1.82, 2.24) is 0 Å². The number of anilines is 1. The Hall–Kier alpha value is -2.87. The molecule has 0 aliphatic heterocycles. The average molecular weight is 315 g/mol. The topological polar surface area (TPSA) is 29.1 Å². The van der Waals surface area contributed by atoms with Crippen LogP contribution in [0.15, 0.2) is 84.9 Å². The summed E-state index contributed by atoms with van der Waals surface area (Å²) >= 11 is 0. The summed E-state index contributed by atoms with van der Waals surface area (Å²) < 4.78 is 0. The minimum Gasteiger partial charge on any atom is -0.326 e. The molecule has 2 heteroatoms. The van der Waals surface area contributed by atoms with Crippen molar-refractivity contribution in [3.63, 3.8) is 0 Å². The smallest absolute Gasteiger partial charge is 0.224 e. The first-order chi connectivity index (χ1) is 11.8. The van der Waals surface area contributed by atoms with Gasteiger partial charge in [0.05, 0.1) is 0 Å². The highest BCUT2D eigenvalue weighted by Crippen LogP contribution is 2.19. The fraction of sp³-hybridized carbons (Fsp3) is 0.136. The summed E-state index contributed by atoms with van der Waals surface area (Å²) in [6, 6.07) is 28.4. The van der Waals surface area contributed by atoms with E-state index in [9.17, 15) is 4.79 Å². The zero-order valence-electron chi connectivity index (χ0n) is 13.6. The van der Waals surface area contributed by atoms with Crippen molar-refractivity contribution in [2.75, 3.05) is 5.32 Å². The molecular formula is C22H21NO. The highest BCUT2D eigenvalue weighted by molar-refractivity contribution is 5.91. The van der Waals surface area contributed by atoms with E-state index < -0.39 is 0 Å². The van der Waals surface area contributed by atoms with Crippen LogP contribution in [-0.4, -0.2) is 5.91 Å². The highest BCUT2D eigenvalue weighted by Gasteiger charge is 2.07. The number of amides is 1. The summed E-state index contributed by atoms with van der Waals surface area (Å²) in [6.45, 7) is 0. The molecule has 3 aromatic rings. The maximum Gasteiger partial charge on any atom is 0.224 e. The van der Waals surface area contributed by atoms with E-state index in [0.29, 0.717) is 6.42 Å². The molecule has 120 valence electrons. The monoisotopic (exact) mass is 315 g/mol. The molecule has 0 saturated heterocycles. The van der Waals surface area contributed by atoms with Crippen LogP contribution < -0.4 is 5.32 Å². The van der Waals surface area contributed by atoms with Crippen LogP contribution in [-0.2, 0) is 17.6 Å². The van der Waals surface area contributed by atoms with Gasteiger partial charge in [-0.25, -0.2) is 0 Å². The molecule has 0 aliphatic rings. The van der Waals surface area contributed by atoms with E-state index in [2.05, 4.69) is 35.6 Å². The number of hydrogen-bond donors (Lipinski definition) is 1. The van der Waals surface area contributed by atoms with E-state index in [1.165, 1.54) is 11.1 Å². The van der Waals surface area contributed by atoms with Crippen molar-refractivity contribution in [3.8, 4) is 0 Å². The van der Waals surface area contributed by atoms with E-state index in [1.54, 1.807) is 0 Å². The Kier molecular flexibility index (Phi) is 5.41. The number of aryl methyl sites for hydroxylation is 1. The van der Waals surface area contributed by atoms with Crippen LogP contribution in [0.5, 0.6) is 0 Å². The van der Waals surface area contributed by atoms with Crippen molar-refractivity contribution >= 4 is 11.6 Å². The van der Waals surface area contributed by atoms with Crippen LogP contribution in [0.4, 0.5) is 5.69 Å². The van der Waals surface area contributed by atoms with Gasteiger partial charge in [-0.05, 0) is 35.6 Å². The second-order valence-corrected chi connectivity index (χ2v) is 5.85. The van der Waals surface area contributed by atoms with E-state index in [1.807, 2.05) is 54.6 Å². The number of hydrogen-bond acceptors (Lipinski definition) is 1. The van der Waals surface area contributed by atoms with Crippen molar-refractivity contribution in [2.45, 2.75) is 19.3 Å². The molecule has 3 aromatic carbocycles. The summed E-state index contributed by atoms with van der Waals surface area (Å²) in [5.74, 6) is 0.0550. The van der Waals surface area contributed by atoms with Gasteiger partial charge in [0.25, 0.3) is 0 Å². The molecule has 0 spiro atoms. The molecule has 0 radical (unpaired) electrons. The fourth-order valence-corrected chi connectivity index (χ4v) is 2.73. The van der Waals surface area contributed by atoms with Gasteiger partial charge in [0.1, 0.15) is 0 Å². The second-order valence-electron chi connectivity index (χ2n) is 5.85. The van der Waals surface area contributed by atoms with Crippen LogP contribution in [0, 0.1) is 0 Å². The van der Waals surface area contributed by atoms with Gasteiger partial charge in [-0.2, -0.15) is 0 Å². The van der Waals surface area contributed by atoms with Crippen molar-refractivity contribution in [3.05, 3.63) is 102 Å². The van der Waals surface area contributed by atoms with Gasteiger partial charge in [-0.1, -0.05) is 78.9 Å². The van der Waals surface area contributed by atoms with E-state index in [-0.39, 0.29) is 5.91 Å². The number of benzene rings is 3. The second kappa shape index (κ2) is 8.11. The SMILES string of the molecule is O=C(CCc1ccccc1)Nc1ccccc1Cc1ccccc1. The van der Waals surface area contributed by atoms with Crippen LogP contribution in [0.25, 0.3) is 0 Å². The number of rotatable bonds is 6. The third-order valence-electron chi connectivity index (χ3n) is 4.01. The summed E-state index contributed by atoms with van der Waals surface area (Å²) in [4.78, 5) is 12.3. The zero-order valence-corrected chi connectivity index (χ0v) is 13.6. The van der Waals surface area contributed by atoms with E-state index in [0.717, 1.165) is 24.1 Å². The number of carbonyl (C=O) groups is 1.